The number of aromatic nitrogens is 1. The Kier molecular flexibility index (Phi) is 8.93. The number of hydrogen-bond donors (Lipinski definition) is 3. The highest BCUT2D eigenvalue weighted by Crippen LogP contribution is 2.16. The quantitative estimate of drug-likeness (QED) is 0.315. The Bertz CT molecular complexity index is 865. The summed E-state index contributed by atoms with van der Waals surface area (Å²) in [7, 11) is -0.348. The van der Waals surface area contributed by atoms with Gasteiger partial charge in [0.1, 0.15) is 0 Å². The van der Waals surface area contributed by atoms with Crippen molar-refractivity contribution >= 4 is 51.3 Å². The van der Waals surface area contributed by atoms with Gasteiger partial charge in [-0.15, -0.1) is 35.3 Å². The van der Waals surface area contributed by atoms with Crippen LogP contribution in [0.25, 0.3) is 0 Å². The number of aliphatic imine (C=N–C) groups is 1. The molecule has 1 heterocycles. The van der Waals surface area contributed by atoms with E-state index < -0.39 is 10.0 Å². The lowest BCUT2D eigenvalue weighted by Crippen LogP contribution is -2.36. The van der Waals surface area contributed by atoms with Crippen molar-refractivity contribution in [1.82, 2.24) is 20.3 Å². The molecule has 0 saturated heterocycles. The second kappa shape index (κ2) is 10.2. The van der Waals surface area contributed by atoms with Crippen LogP contribution >= 0.6 is 35.3 Å². The van der Waals surface area contributed by atoms with E-state index in [1.807, 2.05) is 19.9 Å². The number of sulfonamides is 1. The number of thiazole rings is 1. The third kappa shape index (κ3) is 6.18. The first-order valence-electron chi connectivity index (χ1n) is 7.75. The summed E-state index contributed by atoms with van der Waals surface area (Å²) in [5, 5.41) is 7.47. The zero-order valence-corrected chi connectivity index (χ0v) is 19.1. The van der Waals surface area contributed by atoms with Crippen molar-refractivity contribution in [1.29, 1.82) is 0 Å². The molecule has 0 unspecified atom stereocenters. The third-order valence-corrected chi connectivity index (χ3v) is 6.06. The molecule has 0 saturated carbocycles. The summed E-state index contributed by atoms with van der Waals surface area (Å²) in [6, 6.07) is 6.80. The topological polar surface area (TPSA) is 95.5 Å². The molecule has 1 aromatic heterocycles. The highest BCUT2D eigenvalue weighted by atomic mass is 127. The molecule has 0 aliphatic heterocycles. The van der Waals surface area contributed by atoms with E-state index in [9.17, 15) is 8.42 Å². The molecule has 0 aliphatic carbocycles. The minimum atomic E-state index is -3.44. The Morgan fingerprint density at radius 2 is 1.92 bits per heavy atom. The van der Waals surface area contributed by atoms with Gasteiger partial charge in [0.2, 0.25) is 10.0 Å². The number of nitrogens with one attached hydrogen (secondary N) is 3. The minimum Gasteiger partial charge on any atom is -0.352 e. The first-order chi connectivity index (χ1) is 11.9. The molecule has 7 nitrogen and oxygen atoms in total. The first-order valence-corrected chi connectivity index (χ1v) is 10.1. The molecule has 0 atom stereocenters. The molecule has 0 radical (unpaired) electrons. The van der Waals surface area contributed by atoms with Crippen molar-refractivity contribution in [3.8, 4) is 0 Å². The maximum absolute atomic E-state index is 11.9. The van der Waals surface area contributed by atoms with Crippen LogP contribution < -0.4 is 15.4 Å². The van der Waals surface area contributed by atoms with Crippen LogP contribution in [0, 0.1) is 13.8 Å². The monoisotopic (exact) mass is 509 g/mol. The number of halogens is 1. The number of benzene rings is 1. The Morgan fingerprint density at radius 1 is 1.23 bits per heavy atom. The van der Waals surface area contributed by atoms with E-state index in [-0.39, 0.29) is 28.9 Å². The van der Waals surface area contributed by atoms with Crippen molar-refractivity contribution in [2.45, 2.75) is 31.8 Å². The van der Waals surface area contributed by atoms with Gasteiger partial charge in [0.25, 0.3) is 0 Å². The van der Waals surface area contributed by atoms with E-state index in [1.54, 1.807) is 36.6 Å². The maximum atomic E-state index is 11.9. The van der Waals surface area contributed by atoms with Gasteiger partial charge in [-0.2, -0.15) is 0 Å². The first kappa shape index (κ1) is 22.8. The van der Waals surface area contributed by atoms with Crippen molar-refractivity contribution in [3.05, 3.63) is 45.4 Å². The second-order valence-electron chi connectivity index (χ2n) is 5.38. The van der Waals surface area contributed by atoms with Crippen LogP contribution in [-0.4, -0.2) is 33.5 Å². The summed E-state index contributed by atoms with van der Waals surface area (Å²) < 4.78 is 26.1. The molecule has 1 aromatic carbocycles. The predicted octanol–water partition coefficient (Wildman–Crippen LogP) is 2.15. The van der Waals surface area contributed by atoms with Gasteiger partial charge in [0.05, 0.1) is 22.1 Å². The molecular formula is C16H24IN5O2S2. The Labute approximate surface area is 175 Å². The summed E-state index contributed by atoms with van der Waals surface area (Å²) in [4.78, 5) is 10.0. The van der Waals surface area contributed by atoms with Gasteiger partial charge < -0.3 is 10.6 Å². The molecule has 26 heavy (non-hydrogen) atoms. The van der Waals surface area contributed by atoms with Crippen LogP contribution in [0.5, 0.6) is 0 Å². The van der Waals surface area contributed by atoms with Crippen molar-refractivity contribution in [3.63, 3.8) is 0 Å². The lowest BCUT2D eigenvalue weighted by molar-refractivity contribution is 0.588. The van der Waals surface area contributed by atoms with Gasteiger partial charge in [-0.25, -0.2) is 18.1 Å². The molecule has 2 aromatic rings. The summed E-state index contributed by atoms with van der Waals surface area (Å²) in [6.07, 6.45) is 0. The highest BCUT2D eigenvalue weighted by molar-refractivity contribution is 14.0. The van der Waals surface area contributed by atoms with Gasteiger partial charge >= 0.3 is 0 Å². The van der Waals surface area contributed by atoms with Crippen LogP contribution in [0.1, 0.15) is 21.1 Å². The predicted molar refractivity (Wildman–Crippen MR) is 117 cm³/mol. The molecule has 3 N–H and O–H groups in total. The van der Waals surface area contributed by atoms with Crippen molar-refractivity contribution in [2.75, 3.05) is 14.1 Å². The fourth-order valence-corrected chi connectivity index (χ4v) is 3.93. The smallest absolute Gasteiger partial charge is 0.240 e. The van der Waals surface area contributed by atoms with Crippen LogP contribution in [-0.2, 0) is 23.1 Å². The standard InChI is InChI=1S/C16H23N5O2S2.HI/c1-11-15(24-12(2)21-11)10-20-16(17-3)19-9-13-6-5-7-14(8-13)25(22,23)18-4;/h5-8,18H,9-10H2,1-4H3,(H2,17,19,20);1H. The molecule has 2 rings (SSSR count). The second-order valence-corrected chi connectivity index (χ2v) is 8.55. The van der Waals surface area contributed by atoms with Gasteiger partial charge in [-0.1, -0.05) is 12.1 Å². The number of nitrogens with zero attached hydrogens (tertiary/aromatic N) is 2. The molecule has 0 amide bonds. The van der Waals surface area contributed by atoms with Crippen LogP contribution in [0.3, 0.4) is 0 Å². The average Bonchev–Trinajstić information content (AvgIpc) is 2.92. The molecule has 0 bridgehead atoms. The SMILES string of the molecule is CN=C(NCc1cccc(S(=O)(=O)NC)c1)NCc1sc(C)nc1C.I. The highest BCUT2D eigenvalue weighted by Gasteiger charge is 2.11. The zero-order valence-electron chi connectivity index (χ0n) is 15.2. The van der Waals surface area contributed by atoms with E-state index in [2.05, 4.69) is 25.3 Å². The normalized spacial score (nSPS) is 11.8. The number of aryl methyl sites for hydroxylation is 2. The Hall–Kier alpha value is -1.24. The largest absolute Gasteiger partial charge is 0.352 e. The minimum absolute atomic E-state index is 0. The molecule has 144 valence electrons. The fraction of sp³-hybridized carbons (Fsp3) is 0.375. The lowest BCUT2D eigenvalue weighted by atomic mass is 10.2. The van der Waals surface area contributed by atoms with Crippen molar-refractivity contribution < 1.29 is 8.42 Å². The molecule has 10 heteroatoms. The summed E-state index contributed by atoms with van der Waals surface area (Å²) in [5.74, 6) is 0.646. The van der Waals surface area contributed by atoms with E-state index in [0.717, 1.165) is 16.3 Å². The van der Waals surface area contributed by atoms with Crippen LogP contribution in [0.15, 0.2) is 34.2 Å². The van der Waals surface area contributed by atoms with Gasteiger partial charge in [-0.05, 0) is 38.6 Å². The van der Waals surface area contributed by atoms with Gasteiger partial charge in [-0.3, -0.25) is 4.99 Å². The number of hydrogen-bond acceptors (Lipinski definition) is 5. The molecule has 0 aliphatic rings. The van der Waals surface area contributed by atoms with Crippen LogP contribution in [0.2, 0.25) is 0 Å². The molecule has 0 spiro atoms. The van der Waals surface area contributed by atoms with Gasteiger partial charge in [0.15, 0.2) is 5.96 Å². The van der Waals surface area contributed by atoms with E-state index >= 15 is 0 Å². The lowest BCUT2D eigenvalue weighted by Gasteiger charge is -2.12. The van der Waals surface area contributed by atoms with Crippen molar-refractivity contribution in [2.24, 2.45) is 4.99 Å². The zero-order chi connectivity index (χ0) is 18.4. The number of guanidine groups is 1. The van der Waals surface area contributed by atoms with E-state index in [4.69, 9.17) is 0 Å². The fourth-order valence-electron chi connectivity index (χ4n) is 2.25. The number of rotatable bonds is 6. The third-order valence-electron chi connectivity index (χ3n) is 3.58. The average molecular weight is 509 g/mol. The molecule has 0 fully saturated rings. The maximum Gasteiger partial charge on any atom is 0.240 e. The van der Waals surface area contributed by atoms with Gasteiger partial charge in [0, 0.05) is 18.5 Å². The molecular weight excluding hydrogens is 485 g/mol. The Balaban J connectivity index is 0.00000338. The van der Waals surface area contributed by atoms with E-state index in [0.29, 0.717) is 19.0 Å². The summed E-state index contributed by atoms with van der Waals surface area (Å²) in [5.41, 5.74) is 1.87. The Morgan fingerprint density at radius 3 is 2.50 bits per heavy atom. The summed E-state index contributed by atoms with van der Waals surface area (Å²) in [6.45, 7) is 5.09. The van der Waals surface area contributed by atoms with Crippen LogP contribution in [0.4, 0.5) is 0 Å². The van der Waals surface area contributed by atoms with E-state index in [1.165, 1.54) is 11.9 Å². The summed E-state index contributed by atoms with van der Waals surface area (Å²) >= 11 is 1.66.